The first-order valence-electron chi connectivity index (χ1n) is 14.5. The molecule has 1 fully saturated rings. The molecule has 1 atom stereocenters. The second-order valence-corrected chi connectivity index (χ2v) is 11.1. The zero-order valence-electron chi connectivity index (χ0n) is 25.1. The van der Waals surface area contributed by atoms with E-state index in [0.717, 1.165) is 5.56 Å². The van der Waals surface area contributed by atoms with Gasteiger partial charge in [0.2, 0.25) is 0 Å². The molecular weight excluding hydrogens is 580 g/mol. The fourth-order valence-electron chi connectivity index (χ4n) is 5.19. The Labute approximate surface area is 256 Å². The van der Waals surface area contributed by atoms with Crippen LogP contribution in [0, 0.1) is 10.1 Å². The number of benzene rings is 1. The molecule has 0 aliphatic carbocycles. The van der Waals surface area contributed by atoms with Crippen molar-refractivity contribution in [2.45, 2.75) is 25.3 Å². The average molecular weight is 625 g/mol. The predicted molar refractivity (Wildman–Crippen MR) is 159 cm³/mol. The molecule has 1 aliphatic heterocycles. The number of rotatable bonds is 16. The molecule has 246 valence electrons. The normalized spacial score (nSPS) is 17.4. The zero-order valence-corrected chi connectivity index (χ0v) is 25.1. The summed E-state index contributed by atoms with van der Waals surface area (Å²) in [6.07, 6.45) is 1.51. The smallest absolute Gasteiger partial charge is 0.317 e. The highest BCUT2D eigenvalue weighted by Crippen LogP contribution is 2.17. The highest BCUT2D eigenvalue weighted by atomic mass is 16.6. The van der Waals surface area contributed by atoms with Gasteiger partial charge in [-0.2, -0.15) is 0 Å². The van der Waals surface area contributed by atoms with Crippen molar-refractivity contribution < 1.29 is 44.5 Å². The highest BCUT2D eigenvalue weighted by Gasteiger charge is 2.26. The standard InChI is InChI=1S/C28H44N6O10/c1-29-9-11-31(18-25(35)36)15-13-30(14-16-32(12-10-29)19-26(37)38)17-24(33(20-27(39)40)21-28(41)42)4-2-3-22-5-7-23(8-6-22)34(43)44/h5-8,24H,2-4,9-21H2,1H3,(H,35,36)(H,37,38)(H,39,40)(H,41,42). The Kier molecular flexibility index (Phi) is 15.6. The van der Waals surface area contributed by atoms with E-state index in [2.05, 4.69) is 0 Å². The van der Waals surface area contributed by atoms with E-state index in [0.29, 0.717) is 71.6 Å². The number of nitro groups is 1. The topological polar surface area (TPSA) is 209 Å². The maximum atomic E-state index is 11.7. The summed E-state index contributed by atoms with van der Waals surface area (Å²) in [5, 5.41) is 49.0. The molecule has 0 spiro atoms. The van der Waals surface area contributed by atoms with Crippen molar-refractivity contribution in [2.24, 2.45) is 0 Å². The first-order chi connectivity index (χ1) is 20.8. The molecular formula is C28H44N6O10. The first kappa shape index (κ1) is 36.5. The predicted octanol–water partition coefficient (Wildman–Crippen LogP) is -0.222. The van der Waals surface area contributed by atoms with Crippen LogP contribution in [0.2, 0.25) is 0 Å². The van der Waals surface area contributed by atoms with Crippen LogP contribution in [0.5, 0.6) is 0 Å². The fourth-order valence-corrected chi connectivity index (χ4v) is 5.19. The summed E-state index contributed by atoms with van der Waals surface area (Å²) in [5.41, 5.74) is 0.818. The highest BCUT2D eigenvalue weighted by molar-refractivity contribution is 5.72. The second-order valence-electron chi connectivity index (χ2n) is 11.1. The maximum Gasteiger partial charge on any atom is 0.317 e. The number of hydrogen-bond acceptors (Lipinski definition) is 11. The minimum atomic E-state index is -1.18. The number of likely N-dealkylation sites (N-methyl/N-ethyl adjacent to an activating group) is 1. The van der Waals surface area contributed by atoms with Gasteiger partial charge in [-0.05, 0) is 31.9 Å². The Morgan fingerprint density at radius 1 is 0.773 bits per heavy atom. The van der Waals surface area contributed by atoms with Gasteiger partial charge in [-0.25, -0.2) is 0 Å². The quantitative estimate of drug-likeness (QED) is 0.138. The van der Waals surface area contributed by atoms with E-state index in [9.17, 15) is 49.7 Å². The average Bonchev–Trinajstić information content (AvgIpc) is 2.93. The lowest BCUT2D eigenvalue weighted by molar-refractivity contribution is -0.384. The third kappa shape index (κ3) is 14.7. The summed E-state index contributed by atoms with van der Waals surface area (Å²) < 4.78 is 0. The number of carboxylic acids is 4. The molecule has 1 unspecified atom stereocenters. The number of hydrogen-bond donors (Lipinski definition) is 4. The summed E-state index contributed by atoms with van der Waals surface area (Å²) in [5.74, 6) is -4.27. The van der Waals surface area contributed by atoms with Crippen molar-refractivity contribution in [3.05, 3.63) is 39.9 Å². The van der Waals surface area contributed by atoms with Gasteiger partial charge in [0.15, 0.2) is 0 Å². The largest absolute Gasteiger partial charge is 0.480 e. The van der Waals surface area contributed by atoms with E-state index < -0.39 is 47.9 Å². The number of carboxylic acid groups (broad SMARTS) is 4. The van der Waals surface area contributed by atoms with Crippen LogP contribution < -0.4 is 0 Å². The second kappa shape index (κ2) is 18.9. The third-order valence-corrected chi connectivity index (χ3v) is 7.59. The Morgan fingerprint density at radius 2 is 1.23 bits per heavy atom. The molecule has 16 heteroatoms. The van der Waals surface area contributed by atoms with Gasteiger partial charge in [0.05, 0.1) is 31.1 Å². The van der Waals surface area contributed by atoms with E-state index in [-0.39, 0.29) is 25.3 Å². The number of nitro benzene ring substituents is 1. The molecule has 0 radical (unpaired) electrons. The Bertz CT molecular complexity index is 1060. The van der Waals surface area contributed by atoms with E-state index in [1.165, 1.54) is 17.0 Å². The molecule has 4 N–H and O–H groups in total. The Balaban J connectivity index is 2.28. The lowest BCUT2D eigenvalue weighted by Gasteiger charge is -2.37. The summed E-state index contributed by atoms with van der Waals surface area (Å²) in [6.45, 7) is 2.73. The van der Waals surface area contributed by atoms with E-state index >= 15 is 0 Å². The van der Waals surface area contributed by atoms with Crippen LogP contribution in [-0.2, 0) is 25.6 Å². The molecule has 1 aliphatic rings. The van der Waals surface area contributed by atoms with Gasteiger partial charge in [0.1, 0.15) is 0 Å². The van der Waals surface area contributed by atoms with E-state index in [4.69, 9.17) is 0 Å². The number of carbonyl (C=O) groups is 4. The summed E-state index contributed by atoms with van der Waals surface area (Å²) in [7, 11) is 1.90. The van der Waals surface area contributed by atoms with Crippen LogP contribution in [-0.4, -0.2) is 172 Å². The molecule has 1 saturated heterocycles. The van der Waals surface area contributed by atoms with E-state index in [1.807, 2.05) is 26.6 Å². The zero-order chi connectivity index (χ0) is 32.6. The number of non-ortho nitro benzene ring substituents is 1. The van der Waals surface area contributed by atoms with Gasteiger partial charge in [0.25, 0.3) is 5.69 Å². The number of aliphatic carboxylic acids is 4. The molecule has 1 aromatic carbocycles. The van der Waals surface area contributed by atoms with Gasteiger partial charge in [-0.15, -0.1) is 0 Å². The van der Waals surface area contributed by atoms with E-state index in [1.54, 1.807) is 12.1 Å². The van der Waals surface area contributed by atoms with Crippen molar-refractivity contribution in [1.82, 2.24) is 24.5 Å². The van der Waals surface area contributed by atoms with Crippen LogP contribution in [0.3, 0.4) is 0 Å². The summed E-state index contributed by atoms with van der Waals surface area (Å²) >= 11 is 0. The van der Waals surface area contributed by atoms with Gasteiger partial charge < -0.3 is 25.3 Å². The summed E-state index contributed by atoms with van der Waals surface area (Å²) in [6, 6.07) is 5.63. The van der Waals surface area contributed by atoms with Crippen molar-refractivity contribution in [1.29, 1.82) is 0 Å². The van der Waals surface area contributed by atoms with Crippen LogP contribution in [0.25, 0.3) is 0 Å². The molecule has 0 amide bonds. The number of aryl methyl sites for hydroxylation is 1. The minimum absolute atomic E-state index is 0.0310. The van der Waals surface area contributed by atoms with Gasteiger partial charge >= 0.3 is 23.9 Å². The van der Waals surface area contributed by atoms with Gasteiger partial charge in [0, 0.05) is 77.1 Å². The molecule has 0 bridgehead atoms. The van der Waals surface area contributed by atoms with Gasteiger partial charge in [-0.3, -0.25) is 48.9 Å². The molecule has 2 rings (SSSR count). The van der Waals surface area contributed by atoms with Crippen LogP contribution in [0.1, 0.15) is 18.4 Å². The fraction of sp³-hybridized carbons (Fsp3) is 0.643. The lowest BCUT2D eigenvalue weighted by Crippen LogP contribution is -2.52. The summed E-state index contributed by atoms with van der Waals surface area (Å²) in [4.78, 5) is 66.0. The molecule has 16 nitrogen and oxygen atoms in total. The SMILES string of the molecule is CN1CCN(CC(=O)O)CCN(CC(CCCc2ccc([N+](=O)[O-])cc2)N(CC(=O)O)CC(=O)O)CCN(CC(=O)O)CC1. The Hall–Kier alpha value is -3.70. The molecule has 1 aromatic rings. The first-order valence-corrected chi connectivity index (χ1v) is 14.5. The molecule has 0 saturated carbocycles. The van der Waals surface area contributed by atoms with Gasteiger partial charge in [-0.1, -0.05) is 12.1 Å². The monoisotopic (exact) mass is 624 g/mol. The third-order valence-electron chi connectivity index (χ3n) is 7.59. The molecule has 44 heavy (non-hydrogen) atoms. The molecule has 0 aromatic heterocycles. The minimum Gasteiger partial charge on any atom is -0.480 e. The number of nitrogens with zero attached hydrogens (tertiary/aromatic N) is 6. The van der Waals surface area contributed by atoms with Crippen molar-refractivity contribution >= 4 is 29.6 Å². The van der Waals surface area contributed by atoms with Crippen molar-refractivity contribution in [2.75, 3.05) is 92.1 Å². The lowest BCUT2D eigenvalue weighted by atomic mass is 10.0. The van der Waals surface area contributed by atoms with Crippen molar-refractivity contribution in [3.63, 3.8) is 0 Å². The van der Waals surface area contributed by atoms with Crippen molar-refractivity contribution in [3.8, 4) is 0 Å². The van der Waals surface area contributed by atoms with Crippen LogP contribution >= 0.6 is 0 Å². The van der Waals surface area contributed by atoms with Crippen LogP contribution in [0.4, 0.5) is 5.69 Å². The van der Waals surface area contributed by atoms with Crippen LogP contribution in [0.15, 0.2) is 24.3 Å². The maximum absolute atomic E-state index is 11.7. The Morgan fingerprint density at radius 3 is 1.66 bits per heavy atom. The molecule has 1 heterocycles.